The first-order chi connectivity index (χ1) is 9.90. The normalized spacial score (nSPS) is 11.0. The van der Waals surface area contributed by atoms with E-state index in [0.717, 1.165) is 0 Å². The lowest BCUT2D eigenvalue weighted by Gasteiger charge is -2.09. The van der Waals surface area contributed by atoms with Crippen molar-refractivity contribution in [3.63, 3.8) is 0 Å². The van der Waals surface area contributed by atoms with Gasteiger partial charge in [0, 0.05) is 26.3 Å². The van der Waals surface area contributed by atoms with Gasteiger partial charge in [-0.05, 0) is 12.5 Å². The van der Waals surface area contributed by atoms with Gasteiger partial charge in [-0.1, -0.05) is 0 Å². The molecule has 1 rings (SSSR count). The van der Waals surface area contributed by atoms with Gasteiger partial charge in [0.15, 0.2) is 6.61 Å². The van der Waals surface area contributed by atoms with Gasteiger partial charge in [0.05, 0.1) is 11.9 Å². The molecule has 0 saturated carbocycles. The quantitative estimate of drug-likeness (QED) is 0.757. The fraction of sp³-hybridized carbons (Fsp3) is 0.500. The molecule has 118 valence electrons. The summed E-state index contributed by atoms with van der Waals surface area (Å²) in [7, 11) is 1.56. The summed E-state index contributed by atoms with van der Waals surface area (Å²) in [5.41, 5.74) is 0.346. The second-order valence-electron chi connectivity index (χ2n) is 4.02. The molecule has 1 heterocycles. The largest absolute Gasteiger partial charge is 0.468 e. The predicted molar refractivity (Wildman–Crippen MR) is 69.3 cm³/mol. The van der Waals surface area contributed by atoms with E-state index in [2.05, 4.69) is 20.4 Å². The number of hydrogen-bond acceptors (Lipinski definition) is 4. The molecule has 0 aliphatic heterocycles. The van der Waals surface area contributed by atoms with E-state index in [9.17, 15) is 18.0 Å². The van der Waals surface area contributed by atoms with Crippen LogP contribution in [0, 0.1) is 0 Å². The third-order valence-corrected chi connectivity index (χ3v) is 2.19. The molecule has 0 unspecified atom stereocenters. The Morgan fingerprint density at radius 3 is 2.71 bits per heavy atom. The van der Waals surface area contributed by atoms with Gasteiger partial charge in [0.25, 0.3) is 0 Å². The average molecular weight is 307 g/mol. The number of halogens is 3. The molecule has 21 heavy (non-hydrogen) atoms. The Hall–Kier alpha value is -2.03. The lowest BCUT2D eigenvalue weighted by molar-refractivity contribution is -0.154. The summed E-state index contributed by atoms with van der Waals surface area (Å²) in [5, 5.41) is 5.08. The summed E-state index contributed by atoms with van der Waals surface area (Å²) in [5.74, 6) is -0.168. The molecule has 1 aromatic heterocycles. The molecule has 0 bridgehead atoms. The molecule has 0 aliphatic carbocycles. The first-order valence-electron chi connectivity index (χ1n) is 6.10. The third-order valence-electron chi connectivity index (χ3n) is 2.19. The Morgan fingerprint density at radius 2 is 2.14 bits per heavy atom. The molecule has 0 aromatic carbocycles. The van der Waals surface area contributed by atoms with Crippen LogP contribution in [0.1, 0.15) is 6.42 Å². The van der Waals surface area contributed by atoms with E-state index in [1.807, 2.05) is 0 Å². The van der Waals surface area contributed by atoms with Crippen molar-refractivity contribution in [3.05, 3.63) is 18.3 Å². The fourth-order valence-electron chi connectivity index (χ4n) is 1.29. The van der Waals surface area contributed by atoms with Crippen LogP contribution in [0.3, 0.4) is 0 Å². The first-order valence-corrected chi connectivity index (χ1v) is 6.10. The first kappa shape index (κ1) is 17.0. The minimum Gasteiger partial charge on any atom is -0.468 e. The number of ether oxygens (including phenoxy) is 2. The SMILES string of the molecule is COCCCNC(=O)Nc1ccc(OCC(F)(F)F)nc1. The van der Waals surface area contributed by atoms with Crippen LogP contribution in [0.5, 0.6) is 5.88 Å². The number of rotatable bonds is 7. The van der Waals surface area contributed by atoms with Gasteiger partial charge in [-0.25, -0.2) is 9.78 Å². The average Bonchev–Trinajstić information content (AvgIpc) is 2.42. The maximum Gasteiger partial charge on any atom is 0.422 e. The van der Waals surface area contributed by atoms with Crippen molar-refractivity contribution in [3.8, 4) is 5.88 Å². The molecular formula is C12H16F3N3O3. The number of nitrogens with one attached hydrogen (secondary N) is 2. The van der Waals surface area contributed by atoms with Gasteiger partial charge in [-0.3, -0.25) is 0 Å². The van der Waals surface area contributed by atoms with Crippen LogP contribution in [0.15, 0.2) is 18.3 Å². The zero-order valence-corrected chi connectivity index (χ0v) is 11.4. The third kappa shape index (κ3) is 7.98. The van der Waals surface area contributed by atoms with Crippen LogP contribution >= 0.6 is 0 Å². The Labute approximate surface area is 119 Å². The lowest BCUT2D eigenvalue weighted by atomic mass is 10.4. The molecule has 0 aliphatic rings. The minimum absolute atomic E-state index is 0.168. The molecule has 0 fully saturated rings. The highest BCUT2D eigenvalue weighted by Crippen LogP contribution is 2.17. The molecule has 0 saturated heterocycles. The zero-order valence-electron chi connectivity index (χ0n) is 11.4. The van der Waals surface area contributed by atoms with Gasteiger partial charge in [0.2, 0.25) is 5.88 Å². The number of urea groups is 1. The predicted octanol–water partition coefficient (Wildman–Crippen LogP) is 2.18. The van der Waals surface area contributed by atoms with E-state index in [0.29, 0.717) is 25.3 Å². The number of aromatic nitrogens is 1. The van der Waals surface area contributed by atoms with Gasteiger partial charge in [-0.2, -0.15) is 13.2 Å². The van der Waals surface area contributed by atoms with E-state index in [4.69, 9.17) is 4.74 Å². The van der Waals surface area contributed by atoms with E-state index in [1.165, 1.54) is 18.3 Å². The molecule has 9 heteroatoms. The Bertz CT molecular complexity index is 438. The number of carbonyl (C=O) groups excluding carboxylic acids is 1. The number of hydrogen-bond donors (Lipinski definition) is 2. The molecule has 6 nitrogen and oxygen atoms in total. The summed E-state index contributed by atoms with van der Waals surface area (Å²) in [6.07, 6.45) is -2.53. The number of nitrogens with zero attached hydrogens (tertiary/aromatic N) is 1. The standard InChI is InChI=1S/C12H16F3N3O3/c1-20-6-2-5-16-11(19)18-9-3-4-10(17-7-9)21-8-12(13,14)15/h3-4,7H,2,5-6,8H2,1H3,(H2,16,18,19). The summed E-state index contributed by atoms with van der Waals surface area (Å²) in [6, 6.07) is 2.21. The smallest absolute Gasteiger partial charge is 0.422 e. The summed E-state index contributed by atoms with van der Waals surface area (Å²) in [4.78, 5) is 15.1. The highest BCUT2D eigenvalue weighted by Gasteiger charge is 2.28. The van der Waals surface area contributed by atoms with Crippen LogP contribution in [0.2, 0.25) is 0 Å². The van der Waals surface area contributed by atoms with E-state index in [1.54, 1.807) is 7.11 Å². The second-order valence-corrected chi connectivity index (χ2v) is 4.02. The maximum atomic E-state index is 11.9. The Morgan fingerprint density at radius 1 is 1.38 bits per heavy atom. The number of alkyl halides is 3. The van der Waals surface area contributed by atoms with Crippen molar-refractivity contribution in [2.24, 2.45) is 0 Å². The van der Waals surface area contributed by atoms with Crippen molar-refractivity contribution in [2.75, 3.05) is 32.2 Å². The minimum atomic E-state index is -4.42. The summed E-state index contributed by atoms with van der Waals surface area (Å²) in [6.45, 7) is -0.431. The van der Waals surface area contributed by atoms with Crippen LogP contribution in [0.25, 0.3) is 0 Å². The summed E-state index contributed by atoms with van der Waals surface area (Å²) < 4.78 is 45.1. The van der Waals surface area contributed by atoms with Crippen LogP contribution in [-0.4, -0.2) is 44.1 Å². The second kappa shape index (κ2) is 8.30. The van der Waals surface area contributed by atoms with Gasteiger partial charge in [-0.15, -0.1) is 0 Å². The molecule has 1 aromatic rings. The molecule has 2 amide bonds. The van der Waals surface area contributed by atoms with Crippen LogP contribution in [-0.2, 0) is 4.74 Å². The van der Waals surface area contributed by atoms with E-state index >= 15 is 0 Å². The van der Waals surface area contributed by atoms with E-state index < -0.39 is 18.8 Å². The zero-order chi connectivity index (χ0) is 15.7. The molecule has 0 spiro atoms. The lowest BCUT2D eigenvalue weighted by Crippen LogP contribution is -2.30. The Kier molecular flexibility index (Phi) is 6.73. The fourth-order valence-corrected chi connectivity index (χ4v) is 1.29. The van der Waals surface area contributed by atoms with E-state index in [-0.39, 0.29) is 5.88 Å². The van der Waals surface area contributed by atoms with Gasteiger partial charge >= 0.3 is 12.2 Å². The molecule has 0 atom stereocenters. The number of amides is 2. The van der Waals surface area contributed by atoms with Crippen molar-refractivity contribution < 1.29 is 27.4 Å². The van der Waals surface area contributed by atoms with Gasteiger partial charge < -0.3 is 20.1 Å². The maximum absolute atomic E-state index is 11.9. The monoisotopic (exact) mass is 307 g/mol. The molecule has 2 N–H and O–H groups in total. The number of pyridine rings is 1. The highest BCUT2D eigenvalue weighted by atomic mass is 19.4. The number of anilines is 1. The number of methoxy groups -OCH3 is 1. The highest BCUT2D eigenvalue weighted by molar-refractivity contribution is 5.88. The van der Waals surface area contributed by atoms with Crippen molar-refractivity contribution in [1.29, 1.82) is 0 Å². The van der Waals surface area contributed by atoms with Gasteiger partial charge in [0.1, 0.15) is 0 Å². The van der Waals surface area contributed by atoms with Crippen molar-refractivity contribution in [1.82, 2.24) is 10.3 Å². The van der Waals surface area contributed by atoms with Crippen molar-refractivity contribution in [2.45, 2.75) is 12.6 Å². The molecule has 0 radical (unpaired) electrons. The van der Waals surface area contributed by atoms with Crippen LogP contribution in [0.4, 0.5) is 23.7 Å². The van der Waals surface area contributed by atoms with Crippen LogP contribution < -0.4 is 15.4 Å². The number of carbonyl (C=O) groups is 1. The Balaban J connectivity index is 2.35. The summed E-state index contributed by atoms with van der Waals surface area (Å²) >= 11 is 0. The topological polar surface area (TPSA) is 72.5 Å². The van der Waals surface area contributed by atoms with Crippen molar-refractivity contribution >= 4 is 11.7 Å². The molecular weight excluding hydrogens is 291 g/mol.